The molecule has 0 spiro atoms. The molecule has 1 aromatic heterocycles. The molecule has 112 valence electrons. The predicted octanol–water partition coefficient (Wildman–Crippen LogP) is 2.94. The van der Waals surface area contributed by atoms with Crippen molar-refractivity contribution in [2.75, 3.05) is 19.0 Å². The van der Waals surface area contributed by atoms with Gasteiger partial charge in [-0.3, -0.25) is 4.79 Å². The van der Waals surface area contributed by atoms with Crippen LogP contribution in [0.5, 0.6) is 11.5 Å². The second kappa shape index (κ2) is 5.11. The molecule has 0 aliphatic rings. The van der Waals surface area contributed by atoms with Gasteiger partial charge >= 0.3 is 0 Å². The number of nitrogens with zero attached hydrogens (tertiary/aromatic N) is 1. The molecule has 0 bridgehead atoms. The molecule has 0 saturated carbocycles. The molecule has 0 aliphatic heterocycles. The molecule has 0 saturated heterocycles. The van der Waals surface area contributed by atoms with E-state index in [-0.39, 0.29) is 22.5 Å². The van der Waals surface area contributed by atoms with Gasteiger partial charge in [-0.1, -0.05) is 0 Å². The van der Waals surface area contributed by atoms with Crippen molar-refractivity contribution < 1.29 is 14.6 Å². The molecule has 0 fully saturated rings. The summed E-state index contributed by atoms with van der Waals surface area (Å²) in [7, 11) is 3.84. The van der Waals surface area contributed by atoms with Crippen molar-refractivity contribution in [3.63, 3.8) is 0 Å². The van der Waals surface area contributed by atoms with Crippen molar-refractivity contribution in [1.29, 1.82) is 0 Å². The van der Waals surface area contributed by atoms with Gasteiger partial charge in [-0.05, 0) is 36.4 Å². The van der Waals surface area contributed by atoms with E-state index in [4.69, 9.17) is 4.42 Å². The molecular formula is C17H15NO4. The minimum atomic E-state index is -0.520. The minimum Gasteiger partial charge on any atom is -0.508 e. The fourth-order valence-electron chi connectivity index (χ4n) is 2.28. The minimum absolute atomic E-state index is 0.00440. The summed E-state index contributed by atoms with van der Waals surface area (Å²) in [6.07, 6.45) is 0. The molecule has 0 atom stereocenters. The summed E-state index contributed by atoms with van der Waals surface area (Å²) in [6, 6.07) is 11.4. The van der Waals surface area contributed by atoms with E-state index in [0.717, 1.165) is 5.69 Å². The summed E-state index contributed by atoms with van der Waals surface area (Å²) in [5.41, 5.74) is 1.29. The predicted molar refractivity (Wildman–Crippen MR) is 85.6 cm³/mol. The Morgan fingerprint density at radius 2 is 1.68 bits per heavy atom. The zero-order valence-corrected chi connectivity index (χ0v) is 12.2. The van der Waals surface area contributed by atoms with E-state index in [1.165, 1.54) is 18.2 Å². The Labute approximate surface area is 126 Å². The van der Waals surface area contributed by atoms with Crippen molar-refractivity contribution in [3.8, 4) is 22.8 Å². The lowest BCUT2D eigenvalue weighted by atomic mass is 10.1. The maximum Gasteiger partial charge on any atom is 0.235 e. The van der Waals surface area contributed by atoms with E-state index >= 15 is 0 Å². The Balaban J connectivity index is 2.22. The highest BCUT2D eigenvalue weighted by atomic mass is 16.4. The molecule has 22 heavy (non-hydrogen) atoms. The first kappa shape index (κ1) is 14.0. The van der Waals surface area contributed by atoms with Crippen molar-refractivity contribution in [3.05, 3.63) is 52.7 Å². The summed E-state index contributed by atoms with van der Waals surface area (Å²) in [4.78, 5) is 14.2. The van der Waals surface area contributed by atoms with Crippen LogP contribution in [0.3, 0.4) is 0 Å². The van der Waals surface area contributed by atoms with E-state index < -0.39 is 11.2 Å². The van der Waals surface area contributed by atoms with Gasteiger partial charge in [0.05, 0.1) is 5.39 Å². The van der Waals surface area contributed by atoms with Crippen molar-refractivity contribution in [2.45, 2.75) is 0 Å². The standard InChI is InChI=1S/C17H15NO4/c1-18(2)11-5-3-10(4-6-11)17-16(21)15(20)13-8-7-12(19)9-14(13)22-17/h3-9,19,21H,1-2H3. The second-order valence-electron chi connectivity index (χ2n) is 5.23. The summed E-state index contributed by atoms with van der Waals surface area (Å²) < 4.78 is 5.62. The van der Waals surface area contributed by atoms with Gasteiger partial charge in [0.25, 0.3) is 0 Å². The Morgan fingerprint density at radius 3 is 2.32 bits per heavy atom. The topological polar surface area (TPSA) is 73.9 Å². The van der Waals surface area contributed by atoms with Crippen LogP contribution in [0.1, 0.15) is 0 Å². The maximum atomic E-state index is 12.2. The fourth-order valence-corrected chi connectivity index (χ4v) is 2.28. The van der Waals surface area contributed by atoms with Crippen molar-refractivity contribution in [1.82, 2.24) is 0 Å². The van der Waals surface area contributed by atoms with Crippen LogP contribution in [-0.4, -0.2) is 24.3 Å². The molecule has 0 unspecified atom stereocenters. The van der Waals surface area contributed by atoms with Gasteiger partial charge in [0, 0.05) is 31.4 Å². The number of anilines is 1. The van der Waals surface area contributed by atoms with Crippen LogP contribution in [0.15, 0.2) is 51.7 Å². The number of phenols is 1. The van der Waals surface area contributed by atoms with Crippen LogP contribution >= 0.6 is 0 Å². The number of fused-ring (bicyclic) bond motifs is 1. The van der Waals surface area contributed by atoms with Gasteiger partial charge in [0.2, 0.25) is 11.2 Å². The smallest absolute Gasteiger partial charge is 0.235 e. The fraction of sp³-hybridized carbons (Fsp3) is 0.118. The molecule has 1 heterocycles. The third kappa shape index (κ3) is 2.26. The molecule has 5 nitrogen and oxygen atoms in total. The lowest BCUT2D eigenvalue weighted by Crippen LogP contribution is -2.08. The highest BCUT2D eigenvalue weighted by Gasteiger charge is 2.15. The monoisotopic (exact) mass is 297 g/mol. The zero-order valence-electron chi connectivity index (χ0n) is 12.2. The Morgan fingerprint density at radius 1 is 1.00 bits per heavy atom. The average Bonchev–Trinajstić information content (AvgIpc) is 2.51. The van der Waals surface area contributed by atoms with Gasteiger partial charge in [0.15, 0.2) is 5.76 Å². The van der Waals surface area contributed by atoms with E-state index in [1.54, 1.807) is 12.1 Å². The molecule has 3 rings (SSSR count). The number of benzene rings is 2. The Hall–Kier alpha value is -2.95. The van der Waals surface area contributed by atoms with E-state index in [1.807, 2.05) is 31.1 Å². The van der Waals surface area contributed by atoms with Crippen LogP contribution in [-0.2, 0) is 0 Å². The first-order valence-electron chi connectivity index (χ1n) is 6.74. The Kier molecular flexibility index (Phi) is 3.25. The van der Waals surface area contributed by atoms with Crippen LogP contribution in [0.4, 0.5) is 5.69 Å². The van der Waals surface area contributed by atoms with Crippen LogP contribution in [0.25, 0.3) is 22.3 Å². The van der Waals surface area contributed by atoms with Gasteiger partial charge < -0.3 is 19.5 Å². The number of hydrogen-bond donors (Lipinski definition) is 2. The average molecular weight is 297 g/mol. The molecule has 2 aromatic carbocycles. The quantitative estimate of drug-likeness (QED) is 0.760. The first-order chi connectivity index (χ1) is 10.5. The molecule has 0 aliphatic carbocycles. The van der Waals surface area contributed by atoms with Gasteiger partial charge in [-0.15, -0.1) is 0 Å². The Bertz CT molecular complexity index is 895. The molecule has 0 radical (unpaired) electrons. The molecule has 0 amide bonds. The summed E-state index contributed by atoms with van der Waals surface area (Å²) >= 11 is 0. The maximum absolute atomic E-state index is 12.2. The van der Waals surface area contributed by atoms with Crippen molar-refractivity contribution in [2.24, 2.45) is 0 Å². The molecule has 3 aromatic rings. The zero-order chi connectivity index (χ0) is 15.9. The van der Waals surface area contributed by atoms with Gasteiger partial charge in [-0.25, -0.2) is 0 Å². The van der Waals surface area contributed by atoms with Gasteiger partial charge in [-0.2, -0.15) is 0 Å². The van der Waals surface area contributed by atoms with Crippen LogP contribution in [0.2, 0.25) is 0 Å². The second-order valence-corrected chi connectivity index (χ2v) is 5.23. The van der Waals surface area contributed by atoms with Crippen LogP contribution < -0.4 is 10.3 Å². The normalized spacial score (nSPS) is 10.8. The van der Waals surface area contributed by atoms with Crippen molar-refractivity contribution >= 4 is 16.7 Å². The number of rotatable bonds is 2. The molecule has 5 heteroatoms. The summed E-state index contributed by atoms with van der Waals surface area (Å²) in [6.45, 7) is 0. The lowest BCUT2D eigenvalue weighted by molar-refractivity contribution is 0.447. The third-order valence-electron chi connectivity index (χ3n) is 3.50. The summed E-state index contributed by atoms with van der Waals surface area (Å²) in [5.74, 6) is -0.348. The largest absolute Gasteiger partial charge is 0.508 e. The van der Waals surface area contributed by atoms with E-state index in [9.17, 15) is 15.0 Å². The highest BCUT2D eigenvalue weighted by Crippen LogP contribution is 2.31. The van der Waals surface area contributed by atoms with E-state index in [0.29, 0.717) is 5.56 Å². The SMILES string of the molecule is CN(C)c1ccc(-c2oc3cc(O)ccc3c(=O)c2O)cc1. The molecule has 2 N–H and O–H groups in total. The van der Waals surface area contributed by atoms with Gasteiger partial charge in [0.1, 0.15) is 11.3 Å². The first-order valence-corrected chi connectivity index (χ1v) is 6.74. The third-order valence-corrected chi connectivity index (χ3v) is 3.50. The number of phenolic OH excluding ortho intramolecular Hbond substituents is 1. The number of hydrogen-bond acceptors (Lipinski definition) is 5. The number of aromatic hydroxyl groups is 2. The lowest BCUT2D eigenvalue weighted by Gasteiger charge is -2.13. The molecular weight excluding hydrogens is 282 g/mol. The van der Waals surface area contributed by atoms with E-state index in [2.05, 4.69) is 0 Å². The highest BCUT2D eigenvalue weighted by molar-refractivity contribution is 5.83. The van der Waals surface area contributed by atoms with Crippen LogP contribution in [0, 0.1) is 0 Å². The summed E-state index contributed by atoms with van der Waals surface area (Å²) in [5, 5.41) is 19.9.